The van der Waals surface area contributed by atoms with Gasteiger partial charge in [-0.2, -0.15) is 0 Å². The van der Waals surface area contributed by atoms with Crippen LogP contribution in [0.2, 0.25) is 0 Å². The van der Waals surface area contributed by atoms with Crippen LogP contribution in [0.25, 0.3) is 0 Å². The lowest BCUT2D eigenvalue weighted by atomic mass is 9.90. The molecule has 0 N–H and O–H groups in total. The lowest BCUT2D eigenvalue weighted by Gasteiger charge is -2.21. The van der Waals surface area contributed by atoms with Crippen LogP contribution in [0.5, 0.6) is 0 Å². The van der Waals surface area contributed by atoms with Crippen molar-refractivity contribution in [3.63, 3.8) is 0 Å². The summed E-state index contributed by atoms with van der Waals surface area (Å²) in [5.74, 6) is 0.466. The standard InChI is InChI=1S/C14H22O2/c1-14(8-9-14)13(15)7-6-11-4-3-5-12(10-11)16-2/h4,12H,3,5-10H2,1-2H3/t12-/m0/s1. The molecule has 1 atom stereocenters. The Bertz CT molecular complexity index is 300. The maximum atomic E-state index is 11.9. The number of carbonyl (C=O) groups is 1. The molecule has 0 aromatic heterocycles. The van der Waals surface area contributed by atoms with Crippen molar-refractivity contribution in [1.82, 2.24) is 0 Å². The average Bonchev–Trinajstić information content (AvgIpc) is 3.06. The normalized spacial score (nSPS) is 27.4. The summed E-state index contributed by atoms with van der Waals surface area (Å²) in [6.07, 6.45) is 9.85. The third-order valence-electron chi connectivity index (χ3n) is 4.09. The van der Waals surface area contributed by atoms with Crippen LogP contribution in [-0.4, -0.2) is 19.0 Å². The molecule has 0 bridgehead atoms. The van der Waals surface area contributed by atoms with Crippen LogP contribution in [0.4, 0.5) is 0 Å². The molecule has 2 nitrogen and oxygen atoms in total. The largest absolute Gasteiger partial charge is 0.381 e. The summed E-state index contributed by atoms with van der Waals surface area (Å²) in [7, 11) is 1.78. The summed E-state index contributed by atoms with van der Waals surface area (Å²) in [6.45, 7) is 2.10. The molecule has 16 heavy (non-hydrogen) atoms. The second-order valence-corrected chi connectivity index (χ2v) is 5.49. The minimum atomic E-state index is 0.0515. The lowest BCUT2D eigenvalue weighted by molar-refractivity contribution is -0.123. The molecule has 1 saturated carbocycles. The van der Waals surface area contributed by atoms with Gasteiger partial charge in [0.05, 0.1) is 6.10 Å². The van der Waals surface area contributed by atoms with Crippen LogP contribution in [0.1, 0.15) is 51.9 Å². The van der Waals surface area contributed by atoms with Gasteiger partial charge in [0.15, 0.2) is 0 Å². The highest BCUT2D eigenvalue weighted by Gasteiger charge is 2.43. The summed E-state index contributed by atoms with van der Waals surface area (Å²) in [5.41, 5.74) is 1.48. The topological polar surface area (TPSA) is 26.3 Å². The first-order valence-electron chi connectivity index (χ1n) is 6.38. The van der Waals surface area contributed by atoms with Crippen molar-refractivity contribution in [1.29, 1.82) is 0 Å². The molecular weight excluding hydrogens is 200 g/mol. The molecule has 2 aliphatic rings. The molecule has 0 saturated heterocycles. The molecular formula is C14H22O2. The van der Waals surface area contributed by atoms with Crippen LogP contribution < -0.4 is 0 Å². The molecule has 0 aromatic carbocycles. The van der Waals surface area contributed by atoms with Crippen molar-refractivity contribution in [2.45, 2.75) is 58.0 Å². The number of carbonyl (C=O) groups excluding carboxylic acids is 1. The number of ketones is 1. The van der Waals surface area contributed by atoms with Crippen molar-refractivity contribution >= 4 is 5.78 Å². The van der Waals surface area contributed by atoms with Crippen LogP contribution in [0, 0.1) is 5.41 Å². The molecule has 0 amide bonds. The second kappa shape index (κ2) is 4.70. The Morgan fingerprint density at radius 1 is 1.56 bits per heavy atom. The quantitative estimate of drug-likeness (QED) is 0.667. The molecule has 0 heterocycles. The van der Waals surface area contributed by atoms with E-state index >= 15 is 0 Å². The molecule has 0 spiro atoms. The van der Waals surface area contributed by atoms with Gasteiger partial charge in [-0.1, -0.05) is 18.6 Å². The van der Waals surface area contributed by atoms with Gasteiger partial charge < -0.3 is 4.74 Å². The number of hydrogen-bond acceptors (Lipinski definition) is 2. The lowest BCUT2D eigenvalue weighted by Crippen LogP contribution is -2.16. The average molecular weight is 222 g/mol. The van der Waals surface area contributed by atoms with E-state index in [-0.39, 0.29) is 5.41 Å². The Morgan fingerprint density at radius 2 is 2.31 bits per heavy atom. The first kappa shape index (κ1) is 11.8. The van der Waals surface area contributed by atoms with Gasteiger partial charge in [0.25, 0.3) is 0 Å². The fourth-order valence-corrected chi connectivity index (χ4v) is 2.40. The summed E-state index contributed by atoms with van der Waals surface area (Å²) in [5, 5.41) is 0. The smallest absolute Gasteiger partial charge is 0.139 e. The fraction of sp³-hybridized carbons (Fsp3) is 0.786. The minimum absolute atomic E-state index is 0.0515. The number of hydrogen-bond donors (Lipinski definition) is 0. The summed E-state index contributed by atoms with van der Waals surface area (Å²) >= 11 is 0. The van der Waals surface area contributed by atoms with E-state index < -0.39 is 0 Å². The Morgan fingerprint density at radius 3 is 2.94 bits per heavy atom. The molecule has 0 aromatic rings. The predicted octanol–water partition coefficient (Wildman–Crippen LogP) is 3.26. The zero-order valence-electron chi connectivity index (χ0n) is 10.4. The Hall–Kier alpha value is -0.630. The maximum Gasteiger partial charge on any atom is 0.139 e. The van der Waals surface area contributed by atoms with E-state index in [4.69, 9.17) is 4.74 Å². The zero-order chi connectivity index (χ0) is 11.6. The van der Waals surface area contributed by atoms with Crippen molar-refractivity contribution in [2.75, 3.05) is 7.11 Å². The number of allylic oxidation sites excluding steroid dienone is 1. The molecule has 2 aliphatic carbocycles. The number of ether oxygens (including phenoxy) is 1. The van der Waals surface area contributed by atoms with Crippen LogP contribution in [0.3, 0.4) is 0 Å². The van der Waals surface area contributed by atoms with E-state index in [0.29, 0.717) is 11.9 Å². The van der Waals surface area contributed by atoms with Gasteiger partial charge >= 0.3 is 0 Å². The van der Waals surface area contributed by atoms with Gasteiger partial charge in [-0.05, 0) is 38.5 Å². The van der Waals surface area contributed by atoms with E-state index in [1.165, 1.54) is 5.57 Å². The van der Waals surface area contributed by atoms with E-state index in [2.05, 4.69) is 13.0 Å². The van der Waals surface area contributed by atoms with Gasteiger partial charge in [-0.15, -0.1) is 0 Å². The van der Waals surface area contributed by atoms with E-state index in [9.17, 15) is 4.79 Å². The molecule has 2 heteroatoms. The van der Waals surface area contributed by atoms with Crippen molar-refractivity contribution in [2.24, 2.45) is 5.41 Å². The Balaban J connectivity index is 1.77. The van der Waals surface area contributed by atoms with E-state index in [1.54, 1.807) is 7.11 Å². The third-order valence-corrected chi connectivity index (χ3v) is 4.09. The Kier molecular flexibility index (Phi) is 3.48. The maximum absolute atomic E-state index is 11.9. The SMILES string of the molecule is CO[C@H]1CCC=C(CCC(=O)C2(C)CC2)C1. The highest BCUT2D eigenvalue weighted by molar-refractivity contribution is 5.87. The summed E-state index contributed by atoms with van der Waals surface area (Å²) in [4.78, 5) is 11.9. The van der Waals surface area contributed by atoms with Gasteiger partial charge in [-0.3, -0.25) is 4.79 Å². The first-order valence-corrected chi connectivity index (χ1v) is 6.38. The van der Waals surface area contributed by atoms with Gasteiger partial charge in [0, 0.05) is 18.9 Å². The Labute approximate surface area is 98.1 Å². The monoisotopic (exact) mass is 222 g/mol. The van der Waals surface area contributed by atoms with E-state index in [0.717, 1.165) is 44.9 Å². The number of methoxy groups -OCH3 is 1. The van der Waals surface area contributed by atoms with E-state index in [1.807, 2.05) is 0 Å². The highest BCUT2D eigenvalue weighted by Crippen LogP contribution is 2.47. The number of Topliss-reactive ketones (excluding diaryl/α,β-unsaturated/α-hetero) is 1. The van der Waals surface area contributed by atoms with Crippen molar-refractivity contribution < 1.29 is 9.53 Å². The van der Waals surface area contributed by atoms with Gasteiger partial charge in [-0.25, -0.2) is 0 Å². The first-order chi connectivity index (χ1) is 7.64. The third kappa shape index (κ3) is 2.73. The predicted molar refractivity (Wildman–Crippen MR) is 64.3 cm³/mol. The molecule has 1 fully saturated rings. The van der Waals surface area contributed by atoms with Crippen LogP contribution in [0.15, 0.2) is 11.6 Å². The van der Waals surface area contributed by atoms with Gasteiger partial charge in [0.1, 0.15) is 5.78 Å². The van der Waals surface area contributed by atoms with Crippen LogP contribution >= 0.6 is 0 Å². The number of rotatable bonds is 5. The van der Waals surface area contributed by atoms with Gasteiger partial charge in [0.2, 0.25) is 0 Å². The summed E-state index contributed by atoms with van der Waals surface area (Å²) in [6, 6.07) is 0. The van der Waals surface area contributed by atoms with Crippen molar-refractivity contribution in [3.05, 3.63) is 11.6 Å². The molecule has 0 aliphatic heterocycles. The summed E-state index contributed by atoms with van der Waals surface area (Å²) < 4.78 is 5.38. The molecule has 0 unspecified atom stereocenters. The molecule has 2 rings (SSSR count). The fourth-order valence-electron chi connectivity index (χ4n) is 2.40. The minimum Gasteiger partial charge on any atom is -0.381 e. The highest BCUT2D eigenvalue weighted by atomic mass is 16.5. The molecule has 90 valence electrons. The second-order valence-electron chi connectivity index (χ2n) is 5.49. The van der Waals surface area contributed by atoms with Crippen molar-refractivity contribution in [3.8, 4) is 0 Å². The van der Waals surface area contributed by atoms with Crippen LogP contribution in [-0.2, 0) is 9.53 Å². The molecule has 0 radical (unpaired) electrons. The zero-order valence-corrected chi connectivity index (χ0v) is 10.4.